The van der Waals surface area contributed by atoms with Crippen LogP contribution in [0.2, 0.25) is 0 Å². The number of benzene rings is 1. The minimum Gasteiger partial charge on any atom is -0.464 e. The van der Waals surface area contributed by atoms with Crippen molar-refractivity contribution < 1.29 is 14.4 Å². The molecule has 4 aromatic rings. The lowest BCUT2D eigenvalue weighted by molar-refractivity contribution is -0.150. The molecule has 0 saturated carbocycles. The van der Waals surface area contributed by atoms with Gasteiger partial charge in [0.25, 0.3) is 0 Å². The Bertz CT molecular complexity index is 1490. The quantitative estimate of drug-likeness (QED) is 0.232. The van der Waals surface area contributed by atoms with Crippen molar-refractivity contribution in [3.8, 4) is 22.4 Å². The van der Waals surface area contributed by atoms with Gasteiger partial charge in [-0.3, -0.25) is 10.3 Å². The molecule has 38 heavy (non-hydrogen) atoms. The highest BCUT2D eigenvalue weighted by Gasteiger charge is 2.17. The summed E-state index contributed by atoms with van der Waals surface area (Å²) in [5, 5.41) is 0.717. The van der Waals surface area contributed by atoms with Gasteiger partial charge in [0.15, 0.2) is 12.3 Å². The standard InChI is InChI=1S/C27H26BrN7O3/c1-2-37-24(36)15-38-34-20-8-10-35(11-9-20)23-7-6-18(14-30-23)22-13-21(17-4-3-5-19(28)12-17)25-26(29)31-16-32-27(25)33-22/h3-8,12-14,16,34H,2,9-11,15H2,1H3,(H2,29,31,32,33). The molecule has 194 valence electrons. The van der Waals surface area contributed by atoms with Crippen LogP contribution < -0.4 is 16.1 Å². The molecule has 1 aliphatic rings. The number of ether oxygens (including phenoxy) is 1. The van der Waals surface area contributed by atoms with E-state index in [0.717, 1.165) is 56.7 Å². The topological polar surface area (TPSA) is 128 Å². The van der Waals surface area contributed by atoms with Gasteiger partial charge in [-0.2, -0.15) is 0 Å². The summed E-state index contributed by atoms with van der Waals surface area (Å²) in [4.78, 5) is 36.8. The van der Waals surface area contributed by atoms with Gasteiger partial charge < -0.3 is 15.4 Å². The first-order valence-electron chi connectivity index (χ1n) is 12.1. The molecule has 0 radical (unpaired) electrons. The second-order valence-electron chi connectivity index (χ2n) is 8.55. The average molecular weight is 576 g/mol. The first kappa shape index (κ1) is 25.6. The van der Waals surface area contributed by atoms with Gasteiger partial charge in [0.05, 0.1) is 17.7 Å². The molecule has 3 aromatic heterocycles. The number of carbonyl (C=O) groups excluding carboxylic acids is 1. The number of carbonyl (C=O) groups is 1. The number of fused-ring (bicyclic) bond motifs is 1. The lowest BCUT2D eigenvalue weighted by Gasteiger charge is -2.27. The van der Waals surface area contributed by atoms with E-state index in [-0.39, 0.29) is 6.61 Å². The predicted octanol–water partition coefficient (Wildman–Crippen LogP) is 4.28. The molecule has 5 rings (SSSR count). The van der Waals surface area contributed by atoms with Crippen LogP contribution in [0.5, 0.6) is 0 Å². The van der Waals surface area contributed by atoms with Gasteiger partial charge in [-0.15, -0.1) is 0 Å². The monoisotopic (exact) mass is 575 g/mol. The van der Waals surface area contributed by atoms with Crippen molar-refractivity contribution >= 4 is 44.6 Å². The fourth-order valence-electron chi connectivity index (χ4n) is 4.20. The summed E-state index contributed by atoms with van der Waals surface area (Å²) >= 11 is 3.55. The molecule has 1 aliphatic heterocycles. The fourth-order valence-corrected chi connectivity index (χ4v) is 4.60. The number of rotatable bonds is 8. The van der Waals surface area contributed by atoms with Crippen LogP contribution in [0.1, 0.15) is 13.3 Å². The van der Waals surface area contributed by atoms with Gasteiger partial charge >= 0.3 is 5.97 Å². The number of halogens is 1. The summed E-state index contributed by atoms with van der Waals surface area (Å²) in [7, 11) is 0. The van der Waals surface area contributed by atoms with Crippen molar-refractivity contribution in [2.75, 3.05) is 36.9 Å². The number of esters is 1. The molecule has 1 aromatic carbocycles. The summed E-state index contributed by atoms with van der Waals surface area (Å²) < 4.78 is 5.81. The van der Waals surface area contributed by atoms with E-state index >= 15 is 0 Å². The third-order valence-corrected chi connectivity index (χ3v) is 6.54. The number of nitrogens with zero attached hydrogens (tertiary/aromatic N) is 5. The van der Waals surface area contributed by atoms with Gasteiger partial charge in [-0.05, 0) is 54.5 Å². The lowest BCUT2D eigenvalue weighted by atomic mass is 10.0. The van der Waals surface area contributed by atoms with E-state index in [9.17, 15) is 4.79 Å². The zero-order valence-electron chi connectivity index (χ0n) is 20.7. The maximum Gasteiger partial charge on any atom is 0.334 e. The fraction of sp³-hybridized carbons (Fsp3) is 0.222. The van der Waals surface area contributed by atoms with E-state index in [1.54, 1.807) is 6.92 Å². The molecule has 0 atom stereocenters. The average Bonchev–Trinajstić information content (AvgIpc) is 2.93. The van der Waals surface area contributed by atoms with Gasteiger partial charge in [0.2, 0.25) is 0 Å². The van der Waals surface area contributed by atoms with Crippen LogP contribution in [0.4, 0.5) is 11.6 Å². The van der Waals surface area contributed by atoms with E-state index in [1.165, 1.54) is 6.33 Å². The van der Waals surface area contributed by atoms with Crippen LogP contribution in [0.25, 0.3) is 33.4 Å². The number of hydroxylamine groups is 1. The van der Waals surface area contributed by atoms with Gasteiger partial charge in [0, 0.05) is 41.4 Å². The van der Waals surface area contributed by atoms with Crippen molar-refractivity contribution in [3.63, 3.8) is 0 Å². The highest BCUT2D eigenvalue weighted by Crippen LogP contribution is 2.34. The van der Waals surface area contributed by atoms with Crippen LogP contribution in [0, 0.1) is 0 Å². The molecule has 0 spiro atoms. The van der Waals surface area contributed by atoms with Crippen molar-refractivity contribution in [1.82, 2.24) is 25.4 Å². The molecule has 10 nitrogen and oxygen atoms in total. The number of nitrogens with two attached hydrogens (primary N) is 1. The first-order valence-corrected chi connectivity index (χ1v) is 12.9. The second-order valence-corrected chi connectivity index (χ2v) is 9.46. The molecule has 0 unspecified atom stereocenters. The Morgan fingerprint density at radius 3 is 2.79 bits per heavy atom. The molecular weight excluding hydrogens is 550 g/mol. The molecule has 0 bridgehead atoms. The molecule has 4 heterocycles. The Labute approximate surface area is 228 Å². The Kier molecular flexibility index (Phi) is 7.75. The smallest absolute Gasteiger partial charge is 0.334 e. The van der Waals surface area contributed by atoms with Crippen LogP contribution in [0.15, 0.2) is 71.2 Å². The summed E-state index contributed by atoms with van der Waals surface area (Å²) in [6.45, 7) is 3.37. The van der Waals surface area contributed by atoms with Crippen LogP contribution in [0.3, 0.4) is 0 Å². The molecule has 11 heteroatoms. The normalized spacial score (nSPS) is 13.3. The van der Waals surface area contributed by atoms with E-state index < -0.39 is 5.97 Å². The third-order valence-electron chi connectivity index (χ3n) is 6.04. The van der Waals surface area contributed by atoms with E-state index in [2.05, 4.69) is 36.3 Å². The zero-order valence-corrected chi connectivity index (χ0v) is 22.3. The maximum atomic E-state index is 11.4. The Hall–Kier alpha value is -4.09. The van der Waals surface area contributed by atoms with Crippen LogP contribution in [-0.4, -0.2) is 52.2 Å². The van der Waals surface area contributed by atoms with Crippen LogP contribution >= 0.6 is 15.9 Å². The van der Waals surface area contributed by atoms with Crippen molar-refractivity contribution in [3.05, 3.63) is 71.2 Å². The predicted molar refractivity (Wildman–Crippen MR) is 149 cm³/mol. The first-order chi connectivity index (χ1) is 18.5. The van der Waals surface area contributed by atoms with Gasteiger partial charge in [-0.1, -0.05) is 28.1 Å². The lowest BCUT2D eigenvalue weighted by Crippen LogP contribution is -2.33. The number of nitrogen functional groups attached to an aromatic ring is 1. The highest BCUT2D eigenvalue weighted by atomic mass is 79.9. The molecule has 0 amide bonds. The molecular formula is C27H26BrN7O3. The second kappa shape index (κ2) is 11.5. The van der Waals surface area contributed by atoms with Gasteiger partial charge in [-0.25, -0.2) is 24.7 Å². The maximum absolute atomic E-state index is 11.4. The summed E-state index contributed by atoms with van der Waals surface area (Å²) in [6.07, 6.45) is 5.99. The Morgan fingerprint density at radius 1 is 1.16 bits per heavy atom. The number of hydrogen-bond donors (Lipinski definition) is 2. The number of hydrogen-bond acceptors (Lipinski definition) is 10. The van der Waals surface area contributed by atoms with Crippen molar-refractivity contribution in [2.24, 2.45) is 0 Å². The van der Waals surface area contributed by atoms with Gasteiger partial charge in [0.1, 0.15) is 18.0 Å². The Balaban J connectivity index is 1.34. The van der Waals surface area contributed by atoms with Crippen LogP contribution in [-0.2, 0) is 14.4 Å². The molecule has 0 fully saturated rings. The molecule has 0 aliphatic carbocycles. The third kappa shape index (κ3) is 5.74. The number of aromatic nitrogens is 4. The molecule has 3 N–H and O–H groups in total. The minimum absolute atomic E-state index is 0.136. The number of pyridine rings is 2. The number of nitrogens with one attached hydrogen (secondary N) is 1. The largest absolute Gasteiger partial charge is 0.464 e. The summed E-state index contributed by atoms with van der Waals surface area (Å²) in [6, 6.07) is 14.0. The number of anilines is 2. The SMILES string of the molecule is CCOC(=O)CONC1=CCN(c2ccc(-c3cc(-c4cccc(Br)c4)c4c(N)ncnc4n3)cn2)CC1. The Morgan fingerprint density at radius 2 is 2.05 bits per heavy atom. The highest BCUT2D eigenvalue weighted by molar-refractivity contribution is 9.10. The van der Waals surface area contributed by atoms with E-state index in [4.69, 9.17) is 25.3 Å². The van der Waals surface area contributed by atoms with E-state index in [0.29, 0.717) is 24.6 Å². The summed E-state index contributed by atoms with van der Waals surface area (Å²) in [5.41, 5.74) is 14.0. The summed E-state index contributed by atoms with van der Waals surface area (Å²) in [5.74, 6) is 0.842. The zero-order chi connectivity index (χ0) is 26.5. The minimum atomic E-state index is -0.400. The molecule has 0 saturated heterocycles. The van der Waals surface area contributed by atoms with E-state index in [1.807, 2.05) is 54.7 Å². The van der Waals surface area contributed by atoms with Crippen molar-refractivity contribution in [1.29, 1.82) is 0 Å². The van der Waals surface area contributed by atoms with Crippen molar-refractivity contribution in [2.45, 2.75) is 13.3 Å².